The van der Waals surface area contributed by atoms with Gasteiger partial charge in [0, 0.05) is 12.1 Å². The Hall–Kier alpha value is -1.55. The molecule has 4 heteroatoms. The Kier molecular flexibility index (Phi) is 3.92. The highest BCUT2D eigenvalue weighted by Gasteiger charge is 2.36. The van der Waals surface area contributed by atoms with E-state index < -0.39 is 0 Å². The number of rotatable bonds is 2. The number of ether oxygens (including phenoxy) is 2. The Morgan fingerprint density at radius 2 is 2.00 bits per heavy atom. The predicted molar refractivity (Wildman–Crippen MR) is 76.0 cm³/mol. The van der Waals surface area contributed by atoms with Gasteiger partial charge >= 0.3 is 0 Å². The van der Waals surface area contributed by atoms with Crippen LogP contribution in [0.4, 0.5) is 0 Å². The third-order valence-corrected chi connectivity index (χ3v) is 4.33. The van der Waals surface area contributed by atoms with E-state index in [9.17, 15) is 4.79 Å². The van der Waals surface area contributed by atoms with Crippen molar-refractivity contribution in [2.75, 3.05) is 20.3 Å². The highest BCUT2D eigenvalue weighted by molar-refractivity contribution is 5.94. The molecule has 1 aromatic carbocycles. The van der Waals surface area contributed by atoms with Gasteiger partial charge in [-0.05, 0) is 37.1 Å². The molecule has 0 unspecified atom stereocenters. The maximum Gasteiger partial charge on any atom is 0.254 e. The van der Waals surface area contributed by atoms with Crippen molar-refractivity contribution in [3.63, 3.8) is 0 Å². The van der Waals surface area contributed by atoms with E-state index in [1.807, 2.05) is 29.2 Å². The molecule has 1 amide bonds. The highest BCUT2D eigenvalue weighted by Crippen LogP contribution is 2.29. The second-order valence-electron chi connectivity index (χ2n) is 5.49. The van der Waals surface area contributed by atoms with Crippen LogP contribution in [-0.4, -0.2) is 43.2 Å². The quantitative estimate of drug-likeness (QED) is 0.832. The summed E-state index contributed by atoms with van der Waals surface area (Å²) in [6, 6.07) is 7.62. The molecule has 1 saturated carbocycles. The highest BCUT2D eigenvalue weighted by atomic mass is 16.5. The molecule has 0 bridgehead atoms. The summed E-state index contributed by atoms with van der Waals surface area (Å²) in [5.41, 5.74) is 0.733. The SMILES string of the molecule is COc1ccc(C(=O)N2CCO[C@H]3CCCC[C@@H]32)cc1. The second kappa shape index (κ2) is 5.83. The van der Waals surface area contributed by atoms with E-state index in [1.165, 1.54) is 12.8 Å². The van der Waals surface area contributed by atoms with Gasteiger partial charge in [0.1, 0.15) is 5.75 Å². The number of carbonyl (C=O) groups excluding carboxylic acids is 1. The second-order valence-corrected chi connectivity index (χ2v) is 5.49. The van der Waals surface area contributed by atoms with E-state index in [-0.39, 0.29) is 18.1 Å². The van der Waals surface area contributed by atoms with Gasteiger partial charge in [-0.25, -0.2) is 0 Å². The topological polar surface area (TPSA) is 38.8 Å². The number of carbonyl (C=O) groups is 1. The molecule has 2 fully saturated rings. The van der Waals surface area contributed by atoms with Gasteiger partial charge in [0.05, 0.1) is 25.9 Å². The van der Waals surface area contributed by atoms with Crippen LogP contribution in [0.5, 0.6) is 5.75 Å². The molecule has 2 atom stereocenters. The van der Waals surface area contributed by atoms with E-state index in [0.717, 1.165) is 24.2 Å². The monoisotopic (exact) mass is 275 g/mol. The number of morpholine rings is 1. The lowest BCUT2D eigenvalue weighted by molar-refractivity contribution is -0.0752. The molecule has 0 radical (unpaired) electrons. The van der Waals surface area contributed by atoms with Crippen molar-refractivity contribution in [1.29, 1.82) is 0 Å². The third kappa shape index (κ3) is 2.52. The number of hydrogen-bond acceptors (Lipinski definition) is 3. The van der Waals surface area contributed by atoms with Crippen LogP contribution in [0.3, 0.4) is 0 Å². The first-order chi connectivity index (χ1) is 9.79. The minimum absolute atomic E-state index is 0.118. The summed E-state index contributed by atoms with van der Waals surface area (Å²) in [4.78, 5) is 14.7. The summed E-state index contributed by atoms with van der Waals surface area (Å²) < 4.78 is 11.0. The van der Waals surface area contributed by atoms with Gasteiger partial charge in [0.2, 0.25) is 0 Å². The van der Waals surface area contributed by atoms with Crippen molar-refractivity contribution in [2.24, 2.45) is 0 Å². The maximum absolute atomic E-state index is 12.7. The van der Waals surface area contributed by atoms with Crippen LogP contribution in [0.15, 0.2) is 24.3 Å². The molecule has 4 nitrogen and oxygen atoms in total. The first kappa shape index (κ1) is 13.4. The average molecular weight is 275 g/mol. The van der Waals surface area contributed by atoms with Crippen LogP contribution < -0.4 is 4.74 Å². The van der Waals surface area contributed by atoms with E-state index in [0.29, 0.717) is 13.2 Å². The van der Waals surface area contributed by atoms with Crippen LogP contribution in [0.25, 0.3) is 0 Å². The molecule has 20 heavy (non-hydrogen) atoms. The number of fused-ring (bicyclic) bond motifs is 1. The smallest absolute Gasteiger partial charge is 0.254 e. The van der Waals surface area contributed by atoms with Gasteiger partial charge in [-0.3, -0.25) is 4.79 Å². The molecule has 108 valence electrons. The first-order valence-corrected chi connectivity index (χ1v) is 7.36. The lowest BCUT2D eigenvalue weighted by atomic mass is 9.89. The molecule has 0 N–H and O–H groups in total. The Morgan fingerprint density at radius 3 is 2.75 bits per heavy atom. The molecule has 1 aromatic rings. The molecular formula is C16H21NO3. The number of amides is 1. The number of methoxy groups -OCH3 is 1. The molecule has 3 rings (SSSR count). The first-order valence-electron chi connectivity index (χ1n) is 7.36. The van der Waals surface area contributed by atoms with Gasteiger partial charge in [0.25, 0.3) is 5.91 Å². The van der Waals surface area contributed by atoms with Crippen molar-refractivity contribution in [2.45, 2.75) is 37.8 Å². The fourth-order valence-corrected chi connectivity index (χ4v) is 3.25. The zero-order valence-corrected chi connectivity index (χ0v) is 11.9. The number of benzene rings is 1. The maximum atomic E-state index is 12.7. The summed E-state index contributed by atoms with van der Waals surface area (Å²) in [6.45, 7) is 1.36. The van der Waals surface area contributed by atoms with Crippen molar-refractivity contribution < 1.29 is 14.3 Å². The minimum atomic E-state index is 0.118. The van der Waals surface area contributed by atoms with Crippen molar-refractivity contribution in [3.05, 3.63) is 29.8 Å². The zero-order chi connectivity index (χ0) is 13.9. The molecule has 1 heterocycles. The van der Waals surface area contributed by atoms with Crippen LogP contribution in [0.2, 0.25) is 0 Å². The summed E-state index contributed by atoms with van der Waals surface area (Å²) in [6.07, 6.45) is 4.78. The summed E-state index contributed by atoms with van der Waals surface area (Å²) in [5, 5.41) is 0. The normalized spacial score (nSPS) is 25.9. The molecule has 2 aliphatic rings. The van der Waals surface area contributed by atoms with Gasteiger partial charge in [0.15, 0.2) is 0 Å². The van der Waals surface area contributed by atoms with E-state index >= 15 is 0 Å². The molecular weight excluding hydrogens is 254 g/mol. The van der Waals surface area contributed by atoms with Gasteiger partial charge < -0.3 is 14.4 Å². The zero-order valence-electron chi connectivity index (χ0n) is 11.9. The van der Waals surface area contributed by atoms with E-state index in [4.69, 9.17) is 9.47 Å². The molecule has 0 aromatic heterocycles. The molecule has 1 aliphatic heterocycles. The molecule has 1 aliphatic carbocycles. The largest absolute Gasteiger partial charge is 0.497 e. The van der Waals surface area contributed by atoms with Gasteiger partial charge in [-0.15, -0.1) is 0 Å². The predicted octanol–water partition coefficient (Wildman–Crippen LogP) is 2.48. The van der Waals surface area contributed by atoms with Gasteiger partial charge in [-0.2, -0.15) is 0 Å². The Balaban J connectivity index is 1.77. The summed E-state index contributed by atoms with van der Waals surface area (Å²) >= 11 is 0. The lowest BCUT2D eigenvalue weighted by Gasteiger charge is -2.43. The Bertz CT molecular complexity index is 469. The average Bonchev–Trinajstić information content (AvgIpc) is 2.54. The van der Waals surface area contributed by atoms with E-state index in [1.54, 1.807) is 7.11 Å². The van der Waals surface area contributed by atoms with Crippen LogP contribution in [0, 0.1) is 0 Å². The molecule has 1 saturated heterocycles. The summed E-state index contributed by atoms with van der Waals surface area (Å²) in [7, 11) is 1.63. The van der Waals surface area contributed by atoms with Crippen molar-refractivity contribution >= 4 is 5.91 Å². The summed E-state index contributed by atoms with van der Waals surface area (Å²) in [5.74, 6) is 0.895. The standard InChI is InChI=1S/C16H21NO3/c1-19-13-8-6-12(7-9-13)16(18)17-10-11-20-15-5-3-2-4-14(15)17/h6-9,14-15H,2-5,10-11H2,1H3/t14-,15-/m0/s1. The van der Waals surface area contributed by atoms with Crippen LogP contribution >= 0.6 is 0 Å². The fourth-order valence-electron chi connectivity index (χ4n) is 3.25. The van der Waals surface area contributed by atoms with Crippen LogP contribution in [0.1, 0.15) is 36.0 Å². The fraction of sp³-hybridized carbons (Fsp3) is 0.562. The van der Waals surface area contributed by atoms with Gasteiger partial charge in [-0.1, -0.05) is 12.8 Å². The number of hydrogen-bond donors (Lipinski definition) is 0. The van der Waals surface area contributed by atoms with Crippen molar-refractivity contribution in [1.82, 2.24) is 4.90 Å². The third-order valence-electron chi connectivity index (χ3n) is 4.33. The Labute approximate surface area is 119 Å². The number of nitrogens with zero attached hydrogens (tertiary/aromatic N) is 1. The molecule has 0 spiro atoms. The van der Waals surface area contributed by atoms with E-state index in [2.05, 4.69) is 0 Å². The van der Waals surface area contributed by atoms with Crippen molar-refractivity contribution in [3.8, 4) is 5.75 Å². The lowest BCUT2D eigenvalue weighted by Crippen LogP contribution is -2.54. The Morgan fingerprint density at radius 1 is 1.25 bits per heavy atom. The van der Waals surface area contributed by atoms with Crippen LogP contribution in [-0.2, 0) is 4.74 Å². The minimum Gasteiger partial charge on any atom is -0.497 e.